The van der Waals surface area contributed by atoms with Gasteiger partial charge in [-0.25, -0.2) is 14.6 Å². The average molecular weight is 410 g/mol. The molecule has 0 N–H and O–H groups in total. The zero-order chi connectivity index (χ0) is 21.4. The number of carbonyl (C=O) groups is 2. The minimum Gasteiger partial charge on any atom is -0.460 e. The van der Waals surface area contributed by atoms with Crippen molar-refractivity contribution in [2.24, 2.45) is 7.05 Å². The minimum atomic E-state index is -0.767. The van der Waals surface area contributed by atoms with Gasteiger partial charge in [-0.1, -0.05) is 18.2 Å². The van der Waals surface area contributed by atoms with Gasteiger partial charge in [-0.05, 0) is 19.9 Å². The van der Waals surface area contributed by atoms with Crippen LogP contribution in [0.4, 0.5) is 0 Å². The molecule has 0 aliphatic rings. The Kier molecular flexibility index (Phi) is 4.86. The van der Waals surface area contributed by atoms with Gasteiger partial charge in [-0.3, -0.25) is 4.79 Å². The molecule has 4 rings (SSSR count). The maximum Gasteiger partial charge on any atom is 0.374 e. The minimum absolute atomic E-state index is 0.00388. The van der Waals surface area contributed by atoms with Crippen LogP contribution in [0.1, 0.15) is 39.2 Å². The van der Waals surface area contributed by atoms with Crippen LogP contribution in [0.5, 0.6) is 0 Å². The fraction of sp³-hybridized carbons (Fsp3) is 0.238. The van der Waals surface area contributed by atoms with E-state index in [1.807, 2.05) is 0 Å². The van der Waals surface area contributed by atoms with E-state index in [0.717, 1.165) is 0 Å². The Morgan fingerprint density at radius 2 is 1.90 bits per heavy atom. The van der Waals surface area contributed by atoms with Gasteiger partial charge in [0, 0.05) is 12.4 Å². The van der Waals surface area contributed by atoms with Crippen LogP contribution in [0.15, 0.2) is 44.2 Å². The largest absolute Gasteiger partial charge is 0.460 e. The van der Waals surface area contributed by atoms with E-state index in [1.54, 1.807) is 38.1 Å². The van der Waals surface area contributed by atoms with Crippen molar-refractivity contribution in [3.05, 3.63) is 63.6 Å². The molecule has 154 valence electrons. The Balaban J connectivity index is 1.71. The number of fused-ring (bicyclic) bond motifs is 2. The number of aryl methyl sites for hydroxylation is 2. The molecule has 0 saturated carbocycles. The second-order valence-electron chi connectivity index (χ2n) is 6.58. The van der Waals surface area contributed by atoms with Gasteiger partial charge in [0.2, 0.25) is 11.5 Å². The van der Waals surface area contributed by atoms with Gasteiger partial charge in [0.25, 0.3) is 5.56 Å². The van der Waals surface area contributed by atoms with Gasteiger partial charge in [-0.15, -0.1) is 0 Å². The molecule has 0 fully saturated rings. The number of para-hydroxylation sites is 1. The van der Waals surface area contributed by atoms with Crippen LogP contribution in [0, 0.1) is 6.92 Å². The maximum absolute atomic E-state index is 12.8. The molecular weight excluding hydrogens is 392 g/mol. The van der Waals surface area contributed by atoms with E-state index in [1.165, 1.54) is 17.9 Å². The Bertz CT molecular complexity index is 1340. The summed E-state index contributed by atoms with van der Waals surface area (Å²) in [5.41, 5.74) is 0.487. The van der Waals surface area contributed by atoms with Crippen molar-refractivity contribution >= 4 is 34.0 Å². The first-order valence-electron chi connectivity index (χ1n) is 9.21. The molecule has 0 saturated heterocycles. The van der Waals surface area contributed by atoms with Crippen molar-refractivity contribution in [1.29, 1.82) is 0 Å². The number of ether oxygens (including phenoxy) is 2. The second kappa shape index (κ2) is 7.51. The predicted molar refractivity (Wildman–Crippen MR) is 105 cm³/mol. The monoisotopic (exact) mass is 410 g/mol. The Morgan fingerprint density at radius 1 is 1.13 bits per heavy atom. The fourth-order valence-corrected chi connectivity index (χ4v) is 3.25. The fourth-order valence-electron chi connectivity index (χ4n) is 3.25. The molecule has 30 heavy (non-hydrogen) atoms. The number of benzene rings is 1. The molecule has 0 atom stereocenters. The van der Waals surface area contributed by atoms with Crippen LogP contribution in [-0.4, -0.2) is 28.1 Å². The Morgan fingerprint density at radius 3 is 2.67 bits per heavy atom. The molecule has 0 unspecified atom stereocenters. The van der Waals surface area contributed by atoms with Gasteiger partial charge < -0.3 is 22.9 Å². The van der Waals surface area contributed by atoms with E-state index in [-0.39, 0.29) is 41.4 Å². The van der Waals surface area contributed by atoms with Crippen LogP contribution < -0.4 is 5.56 Å². The Labute approximate surface area is 169 Å². The van der Waals surface area contributed by atoms with Crippen molar-refractivity contribution < 1.29 is 27.9 Å². The van der Waals surface area contributed by atoms with E-state index >= 15 is 0 Å². The van der Waals surface area contributed by atoms with Gasteiger partial charge >= 0.3 is 11.9 Å². The third-order valence-electron chi connectivity index (χ3n) is 4.66. The van der Waals surface area contributed by atoms with Gasteiger partial charge in [0.1, 0.15) is 35.2 Å². The van der Waals surface area contributed by atoms with Crippen molar-refractivity contribution in [3.8, 4) is 0 Å². The van der Waals surface area contributed by atoms with Crippen LogP contribution in [0.2, 0.25) is 0 Å². The lowest BCUT2D eigenvalue weighted by atomic mass is 10.1. The standard InChI is InChI=1S/C21H18N2O7/c1-4-27-21(26)17-13(12-7-5-6-8-14(12)30-17)9-28-20(25)15-11(2)29-18-16(15)19(24)23(3)10-22-18/h5-8,10H,4,9H2,1-3H3. The topological polar surface area (TPSA) is 114 Å². The van der Waals surface area contributed by atoms with Crippen molar-refractivity contribution in [1.82, 2.24) is 9.55 Å². The predicted octanol–water partition coefficient (Wildman–Crippen LogP) is 3.11. The van der Waals surface area contributed by atoms with Crippen molar-refractivity contribution in [2.75, 3.05) is 6.61 Å². The first-order valence-corrected chi connectivity index (χ1v) is 9.21. The summed E-state index contributed by atoms with van der Waals surface area (Å²) < 4.78 is 22.8. The smallest absolute Gasteiger partial charge is 0.374 e. The lowest BCUT2D eigenvalue weighted by Crippen LogP contribution is -2.19. The number of esters is 2. The average Bonchev–Trinajstić information content (AvgIpc) is 3.27. The quantitative estimate of drug-likeness (QED) is 0.461. The van der Waals surface area contributed by atoms with E-state index in [0.29, 0.717) is 16.5 Å². The first-order chi connectivity index (χ1) is 14.4. The highest BCUT2D eigenvalue weighted by Gasteiger charge is 2.26. The highest BCUT2D eigenvalue weighted by molar-refractivity contribution is 6.03. The van der Waals surface area contributed by atoms with Crippen LogP contribution in [0.3, 0.4) is 0 Å². The van der Waals surface area contributed by atoms with E-state index in [2.05, 4.69) is 4.98 Å². The molecule has 0 aliphatic carbocycles. The molecule has 0 aliphatic heterocycles. The van der Waals surface area contributed by atoms with Crippen LogP contribution >= 0.6 is 0 Å². The highest BCUT2D eigenvalue weighted by Crippen LogP contribution is 2.28. The van der Waals surface area contributed by atoms with Crippen LogP contribution in [0.25, 0.3) is 22.1 Å². The number of furan rings is 2. The molecule has 0 spiro atoms. The summed E-state index contributed by atoms with van der Waals surface area (Å²) in [5.74, 6) is -1.23. The first kappa shape index (κ1) is 19.4. The van der Waals surface area contributed by atoms with Gasteiger partial charge in [0.15, 0.2) is 0 Å². The molecule has 0 radical (unpaired) electrons. The van der Waals surface area contributed by atoms with E-state index in [9.17, 15) is 14.4 Å². The van der Waals surface area contributed by atoms with Crippen molar-refractivity contribution in [2.45, 2.75) is 20.5 Å². The zero-order valence-electron chi connectivity index (χ0n) is 16.6. The van der Waals surface area contributed by atoms with Crippen LogP contribution in [-0.2, 0) is 23.1 Å². The lowest BCUT2D eigenvalue weighted by molar-refractivity contribution is 0.0435. The molecule has 0 amide bonds. The molecule has 9 nitrogen and oxygen atoms in total. The summed E-state index contributed by atoms with van der Waals surface area (Å²) >= 11 is 0. The summed E-state index contributed by atoms with van der Waals surface area (Å²) in [6.07, 6.45) is 1.31. The molecule has 3 aromatic heterocycles. The van der Waals surface area contributed by atoms with Crippen molar-refractivity contribution in [3.63, 3.8) is 0 Å². The summed E-state index contributed by atoms with van der Waals surface area (Å²) in [6.45, 7) is 3.15. The zero-order valence-corrected chi connectivity index (χ0v) is 16.6. The Hall–Kier alpha value is -3.88. The molecule has 4 aromatic rings. The van der Waals surface area contributed by atoms with E-state index < -0.39 is 17.5 Å². The normalized spacial score (nSPS) is 11.2. The number of aromatic nitrogens is 2. The van der Waals surface area contributed by atoms with E-state index in [4.69, 9.17) is 18.3 Å². The number of nitrogens with zero attached hydrogens (tertiary/aromatic N) is 2. The summed E-state index contributed by atoms with van der Waals surface area (Å²) in [6, 6.07) is 7.00. The third-order valence-corrected chi connectivity index (χ3v) is 4.66. The second-order valence-corrected chi connectivity index (χ2v) is 6.58. The number of rotatable bonds is 5. The summed E-state index contributed by atoms with van der Waals surface area (Å²) in [7, 11) is 1.52. The maximum atomic E-state index is 12.8. The third kappa shape index (κ3) is 3.14. The lowest BCUT2D eigenvalue weighted by Gasteiger charge is -2.06. The van der Waals surface area contributed by atoms with Gasteiger partial charge in [0.05, 0.1) is 12.2 Å². The molecular formula is C21H18N2O7. The molecule has 3 heterocycles. The molecule has 1 aromatic carbocycles. The number of carbonyl (C=O) groups excluding carboxylic acids is 2. The molecule has 9 heteroatoms. The highest BCUT2D eigenvalue weighted by atomic mass is 16.5. The number of hydrogen-bond donors (Lipinski definition) is 0. The van der Waals surface area contributed by atoms with Gasteiger partial charge in [-0.2, -0.15) is 0 Å². The molecule has 0 bridgehead atoms. The summed E-state index contributed by atoms with van der Waals surface area (Å²) in [5, 5.41) is 0.671. The SMILES string of the molecule is CCOC(=O)c1oc2ccccc2c1COC(=O)c1c(C)oc2ncn(C)c(=O)c12. The number of hydrogen-bond acceptors (Lipinski definition) is 8. The summed E-state index contributed by atoms with van der Waals surface area (Å²) in [4.78, 5) is 41.6.